The fourth-order valence-corrected chi connectivity index (χ4v) is 3.92. The van der Waals surface area contributed by atoms with Gasteiger partial charge in [-0.2, -0.15) is 5.10 Å². The number of sulfonamides is 1. The second-order valence-corrected chi connectivity index (χ2v) is 6.92. The van der Waals surface area contributed by atoms with E-state index in [2.05, 4.69) is 9.82 Å². The Hall–Kier alpha value is -1.41. The normalized spacial score (nSPS) is 19.4. The Morgan fingerprint density at radius 1 is 1.33 bits per heavy atom. The second kappa shape index (κ2) is 6.57. The third-order valence-electron chi connectivity index (χ3n) is 3.42. The van der Waals surface area contributed by atoms with Gasteiger partial charge in [0.2, 0.25) is 5.91 Å². The van der Waals surface area contributed by atoms with Gasteiger partial charge >= 0.3 is 0 Å². The van der Waals surface area contributed by atoms with Crippen LogP contribution in [-0.4, -0.2) is 48.1 Å². The lowest BCUT2D eigenvalue weighted by atomic mass is 10.3. The first-order valence-corrected chi connectivity index (χ1v) is 8.78. The Labute approximate surface area is 125 Å². The minimum Gasteiger partial charge on any atom is -0.341 e. The summed E-state index contributed by atoms with van der Waals surface area (Å²) in [5.41, 5.74) is 0. The first-order chi connectivity index (χ1) is 9.97. The van der Waals surface area contributed by atoms with E-state index in [4.69, 9.17) is 0 Å². The SMILES string of the molecule is CCCN1C[C@H](NS(=O)(=O)c2ccnn2CCC)CC1=O. The van der Waals surface area contributed by atoms with Gasteiger partial charge in [-0.25, -0.2) is 13.1 Å². The molecule has 8 heteroatoms. The van der Waals surface area contributed by atoms with Crippen LogP contribution < -0.4 is 4.72 Å². The van der Waals surface area contributed by atoms with Crippen molar-refractivity contribution in [3.05, 3.63) is 12.3 Å². The summed E-state index contributed by atoms with van der Waals surface area (Å²) in [5.74, 6) is 0.00613. The minimum absolute atomic E-state index is 0.00613. The number of carbonyl (C=O) groups excluding carboxylic acids is 1. The molecule has 0 radical (unpaired) electrons. The fraction of sp³-hybridized carbons (Fsp3) is 0.692. The quantitative estimate of drug-likeness (QED) is 0.798. The smallest absolute Gasteiger partial charge is 0.258 e. The monoisotopic (exact) mass is 314 g/mol. The Morgan fingerprint density at radius 2 is 2.05 bits per heavy atom. The third kappa shape index (κ3) is 3.62. The molecule has 1 aromatic heterocycles. The molecule has 0 aromatic carbocycles. The van der Waals surface area contributed by atoms with Gasteiger partial charge in [-0.3, -0.25) is 9.48 Å². The zero-order valence-electron chi connectivity index (χ0n) is 12.4. The molecular formula is C13H22N4O3S. The van der Waals surface area contributed by atoms with Crippen LogP contribution in [0.15, 0.2) is 17.3 Å². The van der Waals surface area contributed by atoms with E-state index in [9.17, 15) is 13.2 Å². The zero-order chi connectivity index (χ0) is 15.5. The maximum Gasteiger partial charge on any atom is 0.258 e. The highest BCUT2D eigenvalue weighted by Crippen LogP contribution is 2.15. The summed E-state index contributed by atoms with van der Waals surface area (Å²) in [7, 11) is -3.64. The molecule has 1 aliphatic heterocycles. The van der Waals surface area contributed by atoms with Crippen LogP contribution in [0, 0.1) is 0 Å². The summed E-state index contributed by atoms with van der Waals surface area (Å²) in [6.07, 6.45) is 3.37. The standard InChI is InChI=1S/C13H22N4O3S/c1-3-7-16-10-11(9-12(16)18)15-21(19,20)13-5-6-14-17(13)8-4-2/h5-6,11,15H,3-4,7-10H2,1-2H3/t11-/m1/s1. The van der Waals surface area contributed by atoms with Crippen molar-refractivity contribution in [3.63, 3.8) is 0 Å². The molecule has 1 aliphatic rings. The highest BCUT2D eigenvalue weighted by Gasteiger charge is 2.33. The van der Waals surface area contributed by atoms with E-state index >= 15 is 0 Å². The lowest BCUT2D eigenvalue weighted by Crippen LogP contribution is -2.38. The van der Waals surface area contributed by atoms with Crippen LogP contribution in [-0.2, 0) is 21.4 Å². The van der Waals surface area contributed by atoms with E-state index < -0.39 is 10.0 Å². The molecule has 0 saturated carbocycles. The molecular weight excluding hydrogens is 292 g/mol. The van der Waals surface area contributed by atoms with E-state index in [-0.39, 0.29) is 23.4 Å². The van der Waals surface area contributed by atoms with E-state index in [0.29, 0.717) is 19.6 Å². The van der Waals surface area contributed by atoms with Gasteiger partial charge in [0.1, 0.15) is 0 Å². The number of rotatable bonds is 7. The van der Waals surface area contributed by atoms with Crippen molar-refractivity contribution in [1.82, 2.24) is 19.4 Å². The van der Waals surface area contributed by atoms with Crippen molar-refractivity contribution in [2.24, 2.45) is 0 Å². The first kappa shape index (κ1) is 16.0. The fourth-order valence-electron chi connectivity index (χ4n) is 2.55. The molecule has 0 unspecified atom stereocenters. The Bertz CT molecular complexity index is 596. The van der Waals surface area contributed by atoms with Crippen LogP contribution in [0.3, 0.4) is 0 Å². The van der Waals surface area contributed by atoms with Gasteiger partial charge in [0.15, 0.2) is 5.03 Å². The molecule has 1 aromatic rings. The summed E-state index contributed by atoms with van der Waals surface area (Å²) < 4.78 is 28.9. The first-order valence-electron chi connectivity index (χ1n) is 7.29. The summed E-state index contributed by atoms with van der Waals surface area (Å²) in [4.78, 5) is 13.5. The van der Waals surface area contributed by atoms with Crippen LogP contribution >= 0.6 is 0 Å². The van der Waals surface area contributed by atoms with E-state index in [1.165, 1.54) is 16.9 Å². The molecule has 1 atom stereocenters. The van der Waals surface area contributed by atoms with Crippen molar-refractivity contribution < 1.29 is 13.2 Å². The van der Waals surface area contributed by atoms with Gasteiger partial charge in [0, 0.05) is 32.1 Å². The summed E-state index contributed by atoms with van der Waals surface area (Å²) >= 11 is 0. The topological polar surface area (TPSA) is 84.3 Å². The number of carbonyl (C=O) groups is 1. The number of likely N-dealkylation sites (tertiary alicyclic amines) is 1. The Morgan fingerprint density at radius 3 is 2.71 bits per heavy atom. The van der Waals surface area contributed by atoms with Gasteiger partial charge in [-0.1, -0.05) is 13.8 Å². The highest BCUT2D eigenvalue weighted by molar-refractivity contribution is 7.89. The van der Waals surface area contributed by atoms with Crippen LogP contribution in [0.1, 0.15) is 33.1 Å². The minimum atomic E-state index is -3.64. The summed E-state index contributed by atoms with van der Waals surface area (Å²) in [5, 5.41) is 4.18. The molecule has 1 amide bonds. The van der Waals surface area contributed by atoms with E-state index in [0.717, 1.165) is 12.8 Å². The number of aryl methyl sites for hydroxylation is 1. The molecule has 0 bridgehead atoms. The van der Waals surface area contributed by atoms with Crippen LogP contribution in [0.4, 0.5) is 0 Å². The third-order valence-corrected chi connectivity index (χ3v) is 4.96. The number of amides is 1. The summed E-state index contributed by atoms with van der Waals surface area (Å²) in [6.45, 7) is 5.62. The second-order valence-electron chi connectivity index (χ2n) is 5.25. The van der Waals surface area contributed by atoms with Crippen molar-refractivity contribution >= 4 is 15.9 Å². The van der Waals surface area contributed by atoms with Crippen LogP contribution in [0.2, 0.25) is 0 Å². The van der Waals surface area contributed by atoms with Gasteiger partial charge in [-0.15, -0.1) is 0 Å². The zero-order valence-corrected chi connectivity index (χ0v) is 13.3. The van der Waals surface area contributed by atoms with Crippen molar-refractivity contribution in [2.75, 3.05) is 13.1 Å². The molecule has 1 fully saturated rings. The van der Waals surface area contributed by atoms with Gasteiger partial charge in [-0.05, 0) is 18.9 Å². The molecule has 0 aliphatic carbocycles. The lowest BCUT2D eigenvalue weighted by Gasteiger charge is -2.16. The Kier molecular flexibility index (Phi) is 5.00. The molecule has 7 nitrogen and oxygen atoms in total. The molecule has 21 heavy (non-hydrogen) atoms. The molecule has 1 N–H and O–H groups in total. The Balaban J connectivity index is 2.08. The number of nitrogens with one attached hydrogen (secondary N) is 1. The van der Waals surface area contributed by atoms with Crippen LogP contribution in [0.5, 0.6) is 0 Å². The number of hydrogen-bond acceptors (Lipinski definition) is 4. The molecule has 2 rings (SSSR count). The average Bonchev–Trinajstić information content (AvgIpc) is 2.98. The van der Waals surface area contributed by atoms with Gasteiger partial charge in [0.05, 0.1) is 6.20 Å². The predicted octanol–water partition coefficient (Wildman–Crippen LogP) is 0.582. The molecule has 118 valence electrons. The van der Waals surface area contributed by atoms with Crippen LogP contribution in [0.25, 0.3) is 0 Å². The number of nitrogens with zero attached hydrogens (tertiary/aromatic N) is 3. The maximum atomic E-state index is 12.4. The number of aromatic nitrogens is 2. The predicted molar refractivity (Wildman–Crippen MR) is 78.1 cm³/mol. The maximum absolute atomic E-state index is 12.4. The highest BCUT2D eigenvalue weighted by atomic mass is 32.2. The van der Waals surface area contributed by atoms with Crippen molar-refractivity contribution in [3.8, 4) is 0 Å². The van der Waals surface area contributed by atoms with Gasteiger partial charge in [0.25, 0.3) is 10.0 Å². The molecule has 1 saturated heterocycles. The number of hydrogen-bond donors (Lipinski definition) is 1. The van der Waals surface area contributed by atoms with Crippen molar-refractivity contribution in [1.29, 1.82) is 0 Å². The summed E-state index contributed by atoms with van der Waals surface area (Å²) in [6, 6.07) is 1.12. The van der Waals surface area contributed by atoms with E-state index in [1.54, 1.807) is 4.90 Å². The van der Waals surface area contributed by atoms with Gasteiger partial charge < -0.3 is 4.90 Å². The largest absolute Gasteiger partial charge is 0.341 e. The molecule has 0 spiro atoms. The average molecular weight is 314 g/mol. The molecule has 2 heterocycles. The van der Waals surface area contributed by atoms with Crippen molar-refractivity contribution in [2.45, 2.75) is 50.7 Å². The lowest BCUT2D eigenvalue weighted by molar-refractivity contribution is -0.127. The van der Waals surface area contributed by atoms with E-state index in [1.807, 2.05) is 13.8 Å².